The zero-order valence-corrected chi connectivity index (χ0v) is 8.08. The third kappa shape index (κ3) is 3.92. The van der Waals surface area contributed by atoms with E-state index >= 15 is 0 Å². The average molecular weight is 180 g/mol. The van der Waals surface area contributed by atoms with Gasteiger partial charge in [-0.2, -0.15) is 0 Å². The lowest BCUT2D eigenvalue weighted by Gasteiger charge is -2.08. The Balaban J connectivity index is 2.21. The van der Waals surface area contributed by atoms with Crippen molar-refractivity contribution in [1.29, 1.82) is 0 Å². The van der Waals surface area contributed by atoms with Crippen LogP contribution in [-0.4, -0.2) is 12.4 Å². The lowest BCUT2D eigenvalue weighted by atomic mass is 10.1. The highest BCUT2D eigenvalue weighted by Gasteiger charge is 2.04. The van der Waals surface area contributed by atoms with E-state index in [-0.39, 0.29) is 5.78 Å². The molecule has 1 aliphatic rings. The Morgan fingerprint density at radius 2 is 2.31 bits per heavy atom. The summed E-state index contributed by atoms with van der Waals surface area (Å²) in [6.45, 7) is 2.88. The zero-order chi connectivity index (χ0) is 9.52. The maximum atomic E-state index is 11.0. The highest BCUT2D eigenvalue weighted by atomic mass is 16.5. The van der Waals surface area contributed by atoms with E-state index in [1.54, 1.807) is 6.08 Å². The van der Waals surface area contributed by atoms with Crippen LogP contribution in [0.15, 0.2) is 24.0 Å². The molecule has 0 fully saturated rings. The van der Waals surface area contributed by atoms with Crippen molar-refractivity contribution in [2.45, 2.75) is 32.6 Å². The van der Waals surface area contributed by atoms with Gasteiger partial charge in [0.25, 0.3) is 0 Å². The van der Waals surface area contributed by atoms with Crippen molar-refractivity contribution in [3.8, 4) is 0 Å². The predicted molar refractivity (Wildman–Crippen MR) is 52.3 cm³/mol. The fourth-order valence-corrected chi connectivity index (χ4v) is 1.19. The smallest absolute Gasteiger partial charge is 0.163 e. The van der Waals surface area contributed by atoms with E-state index < -0.39 is 0 Å². The van der Waals surface area contributed by atoms with Gasteiger partial charge in [0.2, 0.25) is 0 Å². The first-order valence-electron chi connectivity index (χ1n) is 4.87. The van der Waals surface area contributed by atoms with Gasteiger partial charge < -0.3 is 4.74 Å². The number of ketones is 1. The quantitative estimate of drug-likeness (QED) is 0.608. The van der Waals surface area contributed by atoms with Crippen molar-refractivity contribution < 1.29 is 9.53 Å². The number of hydrogen-bond acceptors (Lipinski definition) is 2. The highest BCUT2D eigenvalue weighted by Crippen LogP contribution is 2.09. The molecule has 0 aliphatic heterocycles. The predicted octanol–water partition coefficient (Wildman–Crippen LogP) is 2.61. The average Bonchev–Trinajstić information content (AvgIpc) is 2.13. The lowest BCUT2D eigenvalue weighted by molar-refractivity contribution is -0.114. The summed E-state index contributed by atoms with van der Waals surface area (Å²) >= 11 is 0. The largest absolute Gasteiger partial charge is 0.493 e. The van der Waals surface area contributed by atoms with Crippen molar-refractivity contribution in [2.24, 2.45) is 0 Å². The van der Waals surface area contributed by atoms with E-state index in [1.165, 1.54) is 12.8 Å². The van der Waals surface area contributed by atoms with Crippen LogP contribution >= 0.6 is 0 Å². The first-order chi connectivity index (χ1) is 6.33. The number of carbonyl (C=O) groups is 1. The zero-order valence-electron chi connectivity index (χ0n) is 8.08. The molecule has 13 heavy (non-hydrogen) atoms. The minimum atomic E-state index is 0.132. The molecule has 0 aromatic carbocycles. The van der Waals surface area contributed by atoms with E-state index in [0.717, 1.165) is 13.0 Å². The Bertz CT molecular complexity index is 226. The summed E-state index contributed by atoms with van der Waals surface area (Å²) in [6.07, 6.45) is 9.25. The van der Waals surface area contributed by atoms with Crippen LogP contribution in [0.4, 0.5) is 0 Å². The van der Waals surface area contributed by atoms with Crippen LogP contribution < -0.4 is 0 Å². The normalized spacial score (nSPS) is 15.8. The van der Waals surface area contributed by atoms with Crippen LogP contribution in [0.3, 0.4) is 0 Å². The summed E-state index contributed by atoms with van der Waals surface area (Å²) in [7, 11) is 0. The molecular formula is C11H16O2. The molecular weight excluding hydrogens is 164 g/mol. The molecule has 0 aromatic heterocycles. The van der Waals surface area contributed by atoms with Crippen LogP contribution in [0.5, 0.6) is 0 Å². The van der Waals surface area contributed by atoms with Crippen LogP contribution in [0, 0.1) is 0 Å². The van der Waals surface area contributed by atoms with Crippen LogP contribution in [0.25, 0.3) is 0 Å². The molecule has 2 heteroatoms. The van der Waals surface area contributed by atoms with Gasteiger partial charge in [-0.1, -0.05) is 25.8 Å². The van der Waals surface area contributed by atoms with Crippen molar-refractivity contribution in [3.05, 3.63) is 24.0 Å². The molecule has 0 aromatic rings. The summed E-state index contributed by atoms with van der Waals surface area (Å²) in [6, 6.07) is 0. The van der Waals surface area contributed by atoms with Gasteiger partial charge in [-0.3, -0.25) is 4.79 Å². The summed E-state index contributed by atoms with van der Waals surface area (Å²) in [5.74, 6) is 0.848. The summed E-state index contributed by atoms with van der Waals surface area (Å²) in [5, 5.41) is 0. The Labute approximate surface area is 79.3 Å². The van der Waals surface area contributed by atoms with Gasteiger partial charge in [0.05, 0.1) is 6.61 Å². The number of carbonyl (C=O) groups excluding carboxylic acids is 1. The highest BCUT2D eigenvalue weighted by molar-refractivity contribution is 5.92. The molecule has 0 bridgehead atoms. The first-order valence-corrected chi connectivity index (χ1v) is 4.87. The second-order valence-electron chi connectivity index (χ2n) is 3.18. The Morgan fingerprint density at radius 1 is 1.46 bits per heavy atom. The molecule has 1 aliphatic carbocycles. The molecule has 0 amide bonds. The molecule has 0 saturated heterocycles. The molecule has 2 nitrogen and oxygen atoms in total. The van der Waals surface area contributed by atoms with Gasteiger partial charge in [-0.15, -0.1) is 0 Å². The molecule has 0 heterocycles. The van der Waals surface area contributed by atoms with Crippen LogP contribution in [0.2, 0.25) is 0 Å². The van der Waals surface area contributed by atoms with Crippen molar-refractivity contribution in [3.63, 3.8) is 0 Å². The standard InChI is InChI=1S/C11H16O2/c1-2-3-4-8-13-11-7-5-6-10(12)9-11/h5,7,9H,2-4,6,8H2,1H3. The van der Waals surface area contributed by atoms with E-state index in [0.29, 0.717) is 12.2 Å². The number of hydrogen-bond donors (Lipinski definition) is 0. The van der Waals surface area contributed by atoms with Gasteiger partial charge in [-0.25, -0.2) is 0 Å². The third-order valence-corrected chi connectivity index (χ3v) is 1.92. The number of allylic oxidation sites excluding steroid dienone is 3. The monoisotopic (exact) mass is 180 g/mol. The Kier molecular flexibility index (Phi) is 4.30. The number of unbranched alkanes of at least 4 members (excludes halogenated alkanes) is 2. The molecule has 0 saturated carbocycles. The molecule has 1 rings (SSSR count). The van der Waals surface area contributed by atoms with Gasteiger partial charge in [0, 0.05) is 12.5 Å². The van der Waals surface area contributed by atoms with Crippen LogP contribution in [-0.2, 0) is 9.53 Å². The molecule has 0 spiro atoms. The number of ether oxygens (including phenoxy) is 1. The topological polar surface area (TPSA) is 26.3 Å². The molecule has 0 radical (unpaired) electrons. The first kappa shape index (κ1) is 10.0. The maximum absolute atomic E-state index is 11.0. The fraction of sp³-hybridized carbons (Fsp3) is 0.545. The van der Waals surface area contributed by atoms with E-state index in [4.69, 9.17) is 4.74 Å². The molecule has 0 N–H and O–H groups in total. The fourth-order valence-electron chi connectivity index (χ4n) is 1.19. The van der Waals surface area contributed by atoms with Gasteiger partial charge in [-0.05, 0) is 12.5 Å². The summed E-state index contributed by atoms with van der Waals surface area (Å²) in [5.41, 5.74) is 0. The third-order valence-electron chi connectivity index (χ3n) is 1.92. The minimum Gasteiger partial charge on any atom is -0.493 e. The van der Waals surface area contributed by atoms with Crippen LogP contribution in [0.1, 0.15) is 32.6 Å². The molecule has 0 atom stereocenters. The van der Waals surface area contributed by atoms with Crippen molar-refractivity contribution in [1.82, 2.24) is 0 Å². The number of rotatable bonds is 5. The van der Waals surface area contributed by atoms with E-state index in [2.05, 4.69) is 6.92 Å². The second-order valence-corrected chi connectivity index (χ2v) is 3.18. The van der Waals surface area contributed by atoms with E-state index in [9.17, 15) is 4.79 Å². The second kappa shape index (κ2) is 5.57. The molecule has 72 valence electrons. The lowest BCUT2D eigenvalue weighted by Crippen LogP contribution is -2.01. The SMILES string of the molecule is CCCCCOC1=CC(=O)CC=C1. The minimum absolute atomic E-state index is 0.132. The summed E-state index contributed by atoms with van der Waals surface area (Å²) < 4.78 is 5.41. The van der Waals surface area contributed by atoms with Crippen molar-refractivity contribution in [2.75, 3.05) is 6.61 Å². The van der Waals surface area contributed by atoms with Crippen molar-refractivity contribution >= 4 is 5.78 Å². The molecule has 0 unspecified atom stereocenters. The Hall–Kier alpha value is -1.05. The van der Waals surface area contributed by atoms with Gasteiger partial charge in [0.1, 0.15) is 5.76 Å². The van der Waals surface area contributed by atoms with E-state index in [1.807, 2.05) is 12.2 Å². The maximum Gasteiger partial charge on any atom is 0.163 e. The Morgan fingerprint density at radius 3 is 3.00 bits per heavy atom. The van der Waals surface area contributed by atoms with Gasteiger partial charge in [0.15, 0.2) is 5.78 Å². The summed E-state index contributed by atoms with van der Waals surface area (Å²) in [4.78, 5) is 11.0. The van der Waals surface area contributed by atoms with Gasteiger partial charge >= 0.3 is 0 Å².